The second-order valence-corrected chi connectivity index (χ2v) is 9.83. The van der Waals surface area contributed by atoms with Crippen molar-refractivity contribution in [1.29, 1.82) is 0 Å². The van der Waals surface area contributed by atoms with E-state index >= 15 is 0 Å². The van der Waals surface area contributed by atoms with Crippen LogP contribution in [0.1, 0.15) is 36.9 Å². The maximum absolute atomic E-state index is 12.9. The third kappa shape index (κ3) is 4.09. The van der Waals surface area contributed by atoms with Gasteiger partial charge < -0.3 is 13.7 Å². The molecular weight excluding hydrogens is 472 g/mol. The lowest BCUT2D eigenvalue weighted by molar-refractivity contribution is 0.291. The van der Waals surface area contributed by atoms with Crippen LogP contribution in [-0.2, 0) is 16.6 Å². The van der Waals surface area contributed by atoms with Gasteiger partial charge in [-0.2, -0.15) is 4.98 Å². The first-order chi connectivity index (χ1) is 15.8. The Hall–Kier alpha value is -3.31. The molecule has 1 aliphatic carbocycles. The minimum atomic E-state index is -4.02. The van der Waals surface area contributed by atoms with E-state index in [0.717, 1.165) is 19.3 Å². The fourth-order valence-corrected chi connectivity index (χ4v) is 4.87. The summed E-state index contributed by atoms with van der Waals surface area (Å²) in [5.41, 5.74) is 0.710. The number of hydrogen-bond acceptors (Lipinski definition) is 8. The number of anilines is 1. The second-order valence-electron chi connectivity index (χ2n) is 7.71. The first-order valence-corrected chi connectivity index (χ1v) is 12.0. The number of halogens is 1. The normalized spacial score (nSPS) is 14.4. The molecule has 0 amide bonds. The third-order valence-electron chi connectivity index (χ3n) is 5.59. The number of methoxy groups -OCH3 is 1. The summed E-state index contributed by atoms with van der Waals surface area (Å²) in [4.78, 5) is 16.7. The minimum Gasteiger partial charge on any atom is -0.495 e. The van der Waals surface area contributed by atoms with E-state index in [1.807, 2.05) is 0 Å². The Balaban J connectivity index is 1.44. The van der Waals surface area contributed by atoms with Gasteiger partial charge in [-0.05, 0) is 43.2 Å². The Morgan fingerprint density at radius 3 is 2.79 bits per heavy atom. The van der Waals surface area contributed by atoms with Gasteiger partial charge >= 0.3 is 5.76 Å². The van der Waals surface area contributed by atoms with Crippen molar-refractivity contribution in [3.8, 4) is 5.75 Å². The molecule has 1 aliphatic rings. The number of aromatic nitrogens is 3. The molecule has 0 saturated heterocycles. The lowest BCUT2D eigenvalue weighted by atomic mass is 9.85. The summed E-state index contributed by atoms with van der Waals surface area (Å²) in [7, 11) is -2.60. The smallest absolute Gasteiger partial charge is 0.420 e. The van der Waals surface area contributed by atoms with Crippen LogP contribution in [-0.4, -0.2) is 30.2 Å². The molecule has 0 unspecified atom stereocenters. The summed E-state index contributed by atoms with van der Waals surface area (Å²) in [6.07, 6.45) is 3.17. The number of benzene rings is 2. The Kier molecular flexibility index (Phi) is 5.37. The summed E-state index contributed by atoms with van der Waals surface area (Å²) in [6.45, 7) is 0.0477. The summed E-state index contributed by atoms with van der Waals surface area (Å²) in [6, 6.07) is 8.73. The van der Waals surface area contributed by atoms with Gasteiger partial charge in [-0.3, -0.25) is 9.29 Å². The molecular formula is C21H19ClN4O6S. The van der Waals surface area contributed by atoms with E-state index in [9.17, 15) is 13.2 Å². The van der Waals surface area contributed by atoms with E-state index in [0.29, 0.717) is 28.0 Å². The molecule has 1 saturated carbocycles. The van der Waals surface area contributed by atoms with E-state index < -0.39 is 15.8 Å². The van der Waals surface area contributed by atoms with Gasteiger partial charge in [0.2, 0.25) is 5.89 Å². The zero-order valence-corrected chi connectivity index (χ0v) is 19.0. The molecule has 4 aromatic rings. The molecule has 0 radical (unpaired) electrons. The SMILES string of the molecule is COc1ccc(Cl)cc1NS(=O)(=O)c1ccc2c(c1)oc(=O)n2Cc1noc(C2CCC2)n1. The minimum absolute atomic E-state index is 0.0477. The molecule has 0 aliphatic heterocycles. The number of ether oxygens (including phenoxy) is 1. The number of hydrogen-bond donors (Lipinski definition) is 1. The third-order valence-corrected chi connectivity index (χ3v) is 7.19. The highest BCUT2D eigenvalue weighted by atomic mass is 35.5. The van der Waals surface area contributed by atoms with Gasteiger partial charge in [0.05, 0.1) is 29.8 Å². The topological polar surface area (TPSA) is 129 Å². The van der Waals surface area contributed by atoms with Gasteiger partial charge in [-0.15, -0.1) is 0 Å². The second kappa shape index (κ2) is 8.23. The number of oxazole rings is 1. The van der Waals surface area contributed by atoms with Crippen molar-refractivity contribution in [2.24, 2.45) is 0 Å². The van der Waals surface area contributed by atoms with Gasteiger partial charge in [0, 0.05) is 17.0 Å². The Morgan fingerprint density at radius 2 is 2.06 bits per heavy atom. The highest BCUT2D eigenvalue weighted by Gasteiger charge is 2.26. The molecule has 2 aromatic heterocycles. The predicted molar refractivity (Wildman–Crippen MR) is 119 cm³/mol. The van der Waals surface area contributed by atoms with E-state index in [1.54, 1.807) is 12.1 Å². The highest BCUT2D eigenvalue weighted by Crippen LogP contribution is 2.35. The van der Waals surface area contributed by atoms with Crippen molar-refractivity contribution in [3.63, 3.8) is 0 Å². The Labute approximate surface area is 193 Å². The molecule has 2 heterocycles. The van der Waals surface area contributed by atoms with Gasteiger partial charge in [0.15, 0.2) is 11.4 Å². The molecule has 10 nitrogen and oxygen atoms in total. The van der Waals surface area contributed by atoms with Crippen molar-refractivity contribution in [2.75, 3.05) is 11.8 Å². The molecule has 5 rings (SSSR count). The largest absolute Gasteiger partial charge is 0.495 e. The van der Waals surface area contributed by atoms with Crippen LogP contribution < -0.4 is 15.2 Å². The van der Waals surface area contributed by atoms with Crippen molar-refractivity contribution in [3.05, 3.63) is 63.7 Å². The number of nitrogens with zero attached hydrogens (tertiary/aromatic N) is 3. The summed E-state index contributed by atoms with van der Waals surface area (Å²) in [5, 5.41) is 4.29. The van der Waals surface area contributed by atoms with Crippen LogP contribution in [0.4, 0.5) is 5.69 Å². The quantitative estimate of drug-likeness (QED) is 0.414. The average Bonchev–Trinajstić information content (AvgIpc) is 3.31. The highest BCUT2D eigenvalue weighted by molar-refractivity contribution is 7.92. The first kappa shape index (κ1) is 21.5. The number of nitrogens with one attached hydrogen (secondary N) is 1. The maximum atomic E-state index is 12.9. The molecule has 12 heteroatoms. The van der Waals surface area contributed by atoms with E-state index in [1.165, 1.54) is 35.9 Å². The van der Waals surface area contributed by atoms with Crippen LogP contribution in [0.5, 0.6) is 5.75 Å². The van der Waals surface area contributed by atoms with Crippen LogP contribution >= 0.6 is 11.6 Å². The van der Waals surface area contributed by atoms with E-state index in [4.69, 9.17) is 25.3 Å². The molecule has 1 fully saturated rings. The van der Waals surface area contributed by atoms with Gasteiger partial charge in [0.25, 0.3) is 10.0 Å². The van der Waals surface area contributed by atoms with Crippen LogP contribution in [0.3, 0.4) is 0 Å². The number of fused-ring (bicyclic) bond motifs is 1. The Morgan fingerprint density at radius 1 is 1.24 bits per heavy atom. The van der Waals surface area contributed by atoms with Crippen LogP contribution in [0.15, 0.2) is 55.0 Å². The number of rotatable bonds is 7. The summed E-state index contributed by atoms with van der Waals surface area (Å²) < 4.78 is 45.4. The summed E-state index contributed by atoms with van der Waals surface area (Å²) >= 11 is 5.98. The van der Waals surface area contributed by atoms with Crippen molar-refractivity contribution < 1.29 is 22.1 Å². The fraction of sp³-hybridized carbons (Fsp3) is 0.286. The zero-order valence-electron chi connectivity index (χ0n) is 17.4. The molecule has 0 spiro atoms. The zero-order chi connectivity index (χ0) is 23.2. The van der Waals surface area contributed by atoms with Gasteiger partial charge in [-0.1, -0.05) is 23.2 Å². The molecule has 1 N–H and O–H groups in total. The molecule has 0 atom stereocenters. The average molecular weight is 491 g/mol. The standard InChI is InChI=1S/C21H19ClN4O6S/c1-30-17-8-5-13(22)9-15(17)25-33(28,29)14-6-7-16-18(10-14)31-21(27)26(16)11-19-23-20(32-24-19)12-3-2-4-12/h5-10,12,25H,2-4,11H2,1H3. The van der Waals surface area contributed by atoms with Crippen LogP contribution in [0.2, 0.25) is 5.02 Å². The van der Waals surface area contributed by atoms with Crippen LogP contribution in [0.25, 0.3) is 11.1 Å². The Bertz CT molecular complexity index is 1500. The van der Waals surface area contributed by atoms with E-state index in [-0.39, 0.29) is 28.6 Å². The van der Waals surface area contributed by atoms with E-state index in [2.05, 4.69) is 14.9 Å². The summed E-state index contributed by atoms with van der Waals surface area (Å²) in [5.74, 6) is 0.866. The molecule has 172 valence electrons. The van der Waals surface area contributed by atoms with Crippen molar-refractivity contribution in [2.45, 2.75) is 36.6 Å². The molecule has 33 heavy (non-hydrogen) atoms. The maximum Gasteiger partial charge on any atom is 0.420 e. The lowest BCUT2D eigenvalue weighted by Crippen LogP contribution is -2.16. The lowest BCUT2D eigenvalue weighted by Gasteiger charge is -2.20. The van der Waals surface area contributed by atoms with Crippen LogP contribution in [0, 0.1) is 0 Å². The first-order valence-electron chi connectivity index (χ1n) is 10.2. The van der Waals surface area contributed by atoms with Crippen molar-refractivity contribution >= 4 is 38.4 Å². The molecule has 2 aromatic carbocycles. The monoisotopic (exact) mass is 490 g/mol. The number of sulfonamides is 1. The predicted octanol–water partition coefficient (Wildman–Crippen LogP) is 3.76. The van der Waals surface area contributed by atoms with Gasteiger partial charge in [0.1, 0.15) is 5.75 Å². The van der Waals surface area contributed by atoms with Gasteiger partial charge in [-0.25, -0.2) is 13.2 Å². The fourth-order valence-electron chi connectivity index (χ4n) is 3.62. The van der Waals surface area contributed by atoms with Crippen molar-refractivity contribution in [1.82, 2.24) is 14.7 Å². The molecule has 0 bridgehead atoms.